The summed E-state index contributed by atoms with van der Waals surface area (Å²) in [6.45, 7) is 2.73. The molecule has 4 nitrogen and oxygen atoms in total. The van der Waals surface area contributed by atoms with Gasteiger partial charge in [-0.15, -0.1) is 0 Å². The first kappa shape index (κ1) is 13.1. The summed E-state index contributed by atoms with van der Waals surface area (Å²) >= 11 is 0. The normalized spacial score (nSPS) is 11.8. The Hall–Kier alpha value is -2.36. The van der Waals surface area contributed by atoms with Crippen LogP contribution in [-0.4, -0.2) is 22.6 Å². The molecule has 0 fully saturated rings. The van der Waals surface area contributed by atoms with Crippen LogP contribution < -0.4 is 5.32 Å². The predicted octanol–water partition coefficient (Wildman–Crippen LogP) is 3.00. The number of benzene rings is 1. The van der Waals surface area contributed by atoms with Crippen LogP contribution >= 0.6 is 0 Å². The van der Waals surface area contributed by atoms with Gasteiger partial charge >= 0.3 is 5.97 Å². The largest absolute Gasteiger partial charge is 0.478 e. The van der Waals surface area contributed by atoms with E-state index in [1.807, 2.05) is 18.2 Å². The Morgan fingerprint density at radius 3 is 2.68 bits per heavy atom. The van der Waals surface area contributed by atoms with Crippen LogP contribution in [0.3, 0.4) is 0 Å². The van der Waals surface area contributed by atoms with Gasteiger partial charge in [0.05, 0.1) is 0 Å². The Labute approximate surface area is 112 Å². The molecular formula is C15H16N2O2. The van der Waals surface area contributed by atoms with Crippen LogP contribution in [0.15, 0.2) is 48.7 Å². The lowest BCUT2D eigenvalue weighted by Gasteiger charge is -2.14. The number of aromatic nitrogens is 1. The Balaban J connectivity index is 2.05. The summed E-state index contributed by atoms with van der Waals surface area (Å²) in [5.41, 5.74) is 1.41. The summed E-state index contributed by atoms with van der Waals surface area (Å²) in [7, 11) is 0. The number of hydrogen-bond donors (Lipinski definition) is 2. The van der Waals surface area contributed by atoms with Gasteiger partial charge in [-0.1, -0.05) is 37.3 Å². The number of carboxylic acids is 1. The van der Waals surface area contributed by atoms with Crippen molar-refractivity contribution in [2.45, 2.75) is 12.8 Å². The zero-order valence-electron chi connectivity index (χ0n) is 10.7. The zero-order chi connectivity index (χ0) is 13.7. The summed E-state index contributed by atoms with van der Waals surface area (Å²) in [5, 5.41) is 12.2. The fraction of sp³-hybridized carbons (Fsp3) is 0.200. The SMILES string of the molecule is CC(CNc1ncccc1C(=O)O)c1ccccc1. The molecule has 0 saturated heterocycles. The molecule has 1 atom stereocenters. The van der Waals surface area contributed by atoms with E-state index in [1.54, 1.807) is 18.3 Å². The van der Waals surface area contributed by atoms with Crippen LogP contribution in [0.2, 0.25) is 0 Å². The number of anilines is 1. The highest BCUT2D eigenvalue weighted by Gasteiger charge is 2.11. The lowest BCUT2D eigenvalue weighted by Crippen LogP contribution is -2.13. The van der Waals surface area contributed by atoms with Crippen molar-refractivity contribution in [2.24, 2.45) is 0 Å². The maximum absolute atomic E-state index is 11.1. The maximum Gasteiger partial charge on any atom is 0.339 e. The second-order valence-electron chi connectivity index (χ2n) is 4.40. The summed E-state index contributed by atoms with van der Waals surface area (Å²) < 4.78 is 0. The van der Waals surface area contributed by atoms with Crippen molar-refractivity contribution in [1.82, 2.24) is 4.98 Å². The van der Waals surface area contributed by atoms with Gasteiger partial charge in [0.15, 0.2) is 0 Å². The van der Waals surface area contributed by atoms with Gasteiger partial charge in [0.2, 0.25) is 0 Å². The van der Waals surface area contributed by atoms with Gasteiger partial charge in [0, 0.05) is 12.7 Å². The molecule has 0 aliphatic heterocycles. The van der Waals surface area contributed by atoms with Crippen LogP contribution in [0.5, 0.6) is 0 Å². The smallest absolute Gasteiger partial charge is 0.339 e. The minimum Gasteiger partial charge on any atom is -0.478 e. The Morgan fingerprint density at radius 1 is 1.26 bits per heavy atom. The van der Waals surface area contributed by atoms with Crippen molar-refractivity contribution in [3.05, 3.63) is 59.8 Å². The lowest BCUT2D eigenvalue weighted by molar-refractivity contribution is 0.0697. The Bertz CT molecular complexity index is 555. The Kier molecular flexibility index (Phi) is 4.13. The third kappa shape index (κ3) is 3.31. The molecule has 2 N–H and O–H groups in total. The van der Waals surface area contributed by atoms with E-state index < -0.39 is 5.97 Å². The standard InChI is InChI=1S/C15H16N2O2/c1-11(12-6-3-2-4-7-12)10-17-14-13(15(18)19)8-5-9-16-14/h2-9,11H,10H2,1H3,(H,16,17)(H,18,19). The molecular weight excluding hydrogens is 240 g/mol. The number of carboxylic acid groups (broad SMARTS) is 1. The van der Waals surface area contributed by atoms with Gasteiger partial charge in [0.1, 0.15) is 11.4 Å². The van der Waals surface area contributed by atoms with Gasteiger partial charge in [-0.05, 0) is 23.6 Å². The van der Waals surface area contributed by atoms with Gasteiger partial charge in [0.25, 0.3) is 0 Å². The molecule has 1 aromatic heterocycles. The van der Waals surface area contributed by atoms with E-state index in [2.05, 4.69) is 29.4 Å². The van der Waals surface area contributed by atoms with Crippen LogP contribution in [0, 0.1) is 0 Å². The molecule has 98 valence electrons. The topological polar surface area (TPSA) is 62.2 Å². The monoisotopic (exact) mass is 256 g/mol. The average molecular weight is 256 g/mol. The number of hydrogen-bond acceptors (Lipinski definition) is 3. The third-order valence-corrected chi connectivity index (χ3v) is 2.98. The molecule has 0 aliphatic carbocycles. The van der Waals surface area contributed by atoms with Crippen LogP contribution in [0.25, 0.3) is 0 Å². The van der Waals surface area contributed by atoms with Crippen molar-refractivity contribution in [3.8, 4) is 0 Å². The van der Waals surface area contributed by atoms with Gasteiger partial charge in [-0.2, -0.15) is 0 Å². The number of nitrogens with zero attached hydrogens (tertiary/aromatic N) is 1. The zero-order valence-corrected chi connectivity index (χ0v) is 10.7. The molecule has 2 aromatic rings. The first-order valence-corrected chi connectivity index (χ1v) is 6.15. The van der Waals surface area contributed by atoms with Crippen molar-refractivity contribution < 1.29 is 9.90 Å². The van der Waals surface area contributed by atoms with Gasteiger partial charge in [-0.25, -0.2) is 9.78 Å². The molecule has 0 spiro atoms. The predicted molar refractivity (Wildman–Crippen MR) is 74.5 cm³/mol. The molecule has 2 rings (SSSR count). The maximum atomic E-state index is 11.1. The van der Waals surface area contributed by atoms with Gasteiger partial charge in [-0.3, -0.25) is 0 Å². The molecule has 4 heteroatoms. The van der Waals surface area contributed by atoms with Crippen molar-refractivity contribution in [2.75, 3.05) is 11.9 Å². The number of carbonyl (C=O) groups is 1. The fourth-order valence-corrected chi connectivity index (χ4v) is 1.87. The molecule has 0 radical (unpaired) electrons. The van der Waals surface area contributed by atoms with Crippen molar-refractivity contribution in [1.29, 1.82) is 0 Å². The highest BCUT2D eigenvalue weighted by atomic mass is 16.4. The van der Waals surface area contributed by atoms with E-state index in [0.717, 1.165) is 0 Å². The molecule has 0 bridgehead atoms. The van der Waals surface area contributed by atoms with E-state index in [4.69, 9.17) is 5.11 Å². The summed E-state index contributed by atoms with van der Waals surface area (Å²) in [6, 6.07) is 13.3. The number of aromatic carboxylic acids is 1. The summed E-state index contributed by atoms with van der Waals surface area (Å²) in [6.07, 6.45) is 1.59. The number of pyridine rings is 1. The van der Waals surface area contributed by atoms with E-state index >= 15 is 0 Å². The van der Waals surface area contributed by atoms with Crippen LogP contribution in [0.1, 0.15) is 28.8 Å². The quantitative estimate of drug-likeness (QED) is 0.863. The first-order chi connectivity index (χ1) is 9.18. The second kappa shape index (κ2) is 6.00. The second-order valence-corrected chi connectivity index (χ2v) is 4.40. The number of nitrogens with one attached hydrogen (secondary N) is 1. The molecule has 1 unspecified atom stereocenters. The van der Waals surface area contributed by atoms with E-state index in [0.29, 0.717) is 12.4 Å². The number of rotatable bonds is 5. The highest BCUT2D eigenvalue weighted by Crippen LogP contribution is 2.17. The van der Waals surface area contributed by atoms with Crippen LogP contribution in [-0.2, 0) is 0 Å². The molecule has 0 amide bonds. The van der Waals surface area contributed by atoms with Gasteiger partial charge < -0.3 is 10.4 Å². The molecule has 0 saturated carbocycles. The minimum absolute atomic E-state index is 0.197. The molecule has 1 aromatic carbocycles. The van der Waals surface area contributed by atoms with Crippen LogP contribution in [0.4, 0.5) is 5.82 Å². The molecule has 1 heterocycles. The van der Waals surface area contributed by atoms with Crippen molar-refractivity contribution in [3.63, 3.8) is 0 Å². The fourth-order valence-electron chi connectivity index (χ4n) is 1.87. The van der Waals surface area contributed by atoms with Crippen molar-refractivity contribution >= 4 is 11.8 Å². The Morgan fingerprint density at radius 2 is 2.00 bits per heavy atom. The lowest BCUT2D eigenvalue weighted by atomic mass is 10.0. The van der Waals surface area contributed by atoms with E-state index in [1.165, 1.54) is 5.56 Å². The summed E-state index contributed by atoms with van der Waals surface area (Å²) in [5.74, 6) is -0.273. The third-order valence-electron chi connectivity index (χ3n) is 2.98. The van der Waals surface area contributed by atoms with E-state index in [-0.39, 0.29) is 11.5 Å². The van der Waals surface area contributed by atoms with E-state index in [9.17, 15) is 4.79 Å². The molecule has 19 heavy (non-hydrogen) atoms. The molecule has 0 aliphatic rings. The highest BCUT2D eigenvalue weighted by molar-refractivity contribution is 5.92. The minimum atomic E-state index is -0.969. The first-order valence-electron chi connectivity index (χ1n) is 6.15. The summed E-state index contributed by atoms with van der Waals surface area (Å²) in [4.78, 5) is 15.1. The average Bonchev–Trinajstić information content (AvgIpc) is 2.46.